The van der Waals surface area contributed by atoms with Crippen molar-refractivity contribution in [2.75, 3.05) is 0 Å². The molecule has 0 saturated heterocycles. The Kier molecular flexibility index (Phi) is 3.04. The molecule has 0 aliphatic heterocycles. The summed E-state index contributed by atoms with van der Waals surface area (Å²) in [5.74, 6) is 0.836. The summed E-state index contributed by atoms with van der Waals surface area (Å²) in [5, 5.41) is 0.596. The van der Waals surface area contributed by atoms with Crippen LogP contribution in [0.4, 0.5) is 0 Å². The Morgan fingerprint density at radius 2 is 1.83 bits per heavy atom. The molecule has 0 unspecified atom stereocenters. The van der Waals surface area contributed by atoms with Crippen LogP contribution in [0.5, 0.6) is 0 Å². The lowest BCUT2D eigenvalue weighted by Gasteiger charge is -2.05. The quantitative estimate of drug-likeness (QED) is 0.661. The minimum absolute atomic E-state index is 0.596. The Hall–Kier alpha value is -0.630. The van der Waals surface area contributed by atoms with E-state index >= 15 is 0 Å². The summed E-state index contributed by atoms with van der Waals surface area (Å²) in [5.41, 5.74) is 2.07. The lowest BCUT2D eigenvalue weighted by molar-refractivity contribution is 0.873. The molecule has 1 aromatic heterocycles. The highest BCUT2D eigenvalue weighted by Crippen LogP contribution is 2.15. The molecule has 0 aliphatic rings. The van der Waals surface area contributed by atoms with Gasteiger partial charge in [0.05, 0.1) is 0 Å². The minimum Gasteiger partial charge on any atom is -0.238 e. The predicted molar refractivity (Wildman–Crippen MR) is 50.5 cm³/mol. The van der Waals surface area contributed by atoms with E-state index in [9.17, 15) is 0 Å². The van der Waals surface area contributed by atoms with E-state index in [-0.39, 0.29) is 0 Å². The van der Waals surface area contributed by atoms with Crippen LogP contribution in [-0.2, 0) is 12.8 Å². The van der Waals surface area contributed by atoms with E-state index in [2.05, 4.69) is 16.9 Å². The van der Waals surface area contributed by atoms with Gasteiger partial charge < -0.3 is 0 Å². The zero-order chi connectivity index (χ0) is 9.14. The summed E-state index contributed by atoms with van der Waals surface area (Å²) < 4.78 is 0. The fourth-order valence-electron chi connectivity index (χ4n) is 1.08. The van der Waals surface area contributed by atoms with Crippen LogP contribution >= 0.6 is 11.6 Å². The first-order valence-electron chi connectivity index (χ1n) is 4.20. The Morgan fingerprint density at radius 1 is 1.17 bits per heavy atom. The largest absolute Gasteiger partial charge is 0.238 e. The van der Waals surface area contributed by atoms with Gasteiger partial charge >= 0.3 is 0 Å². The van der Waals surface area contributed by atoms with Crippen LogP contribution in [0.25, 0.3) is 0 Å². The smallest absolute Gasteiger partial charge is 0.135 e. The third kappa shape index (κ3) is 1.75. The van der Waals surface area contributed by atoms with Crippen LogP contribution in [-0.4, -0.2) is 9.97 Å². The molecule has 12 heavy (non-hydrogen) atoms. The molecule has 1 rings (SSSR count). The third-order valence-electron chi connectivity index (χ3n) is 1.88. The molecule has 0 fully saturated rings. The number of aryl methyl sites for hydroxylation is 2. The molecule has 0 amide bonds. The molecule has 1 heterocycles. The predicted octanol–water partition coefficient (Wildman–Crippen LogP) is 2.56. The average Bonchev–Trinajstić information content (AvgIpc) is 2.09. The molecule has 0 aliphatic carbocycles. The van der Waals surface area contributed by atoms with Crippen molar-refractivity contribution in [1.82, 2.24) is 9.97 Å². The van der Waals surface area contributed by atoms with Crippen molar-refractivity contribution in [2.24, 2.45) is 0 Å². The Labute approximate surface area is 78.0 Å². The van der Waals surface area contributed by atoms with Crippen molar-refractivity contribution < 1.29 is 0 Å². The highest BCUT2D eigenvalue weighted by atomic mass is 35.5. The zero-order valence-corrected chi connectivity index (χ0v) is 8.44. The second kappa shape index (κ2) is 3.85. The molecule has 0 N–H and O–H groups in total. The molecule has 0 atom stereocenters. The van der Waals surface area contributed by atoms with Gasteiger partial charge in [-0.3, -0.25) is 0 Å². The van der Waals surface area contributed by atoms with Crippen LogP contribution in [0, 0.1) is 6.92 Å². The summed E-state index contributed by atoms with van der Waals surface area (Å²) in [4.78, 5) is 8.53. The molecule has 3 heteroatoms. The van der Waals surface area contributed by atoms with Gasteiger partial charge in [0, 0.05) is 17.7 Å². The zero-order valence-electron chi connectivity index (χ0n) is 7.69. The van der Waals surface area contributed by atoms with Crippen molar-refractivity contribution in [3.63, 3.8) is 0 Å². The highest BCUT2D eigenvalue weighted by molar-refractivity contribution is 6.30. The van der Waals surface area contributed by atoms with Crippen molar-refractivity contribution >= 4 is 11.6 Å². The minimum atomic E-state index is 0.596. The topological polar surface area (TPSA) is 25.8 Å². The first-order chi connectivity index (χ1) is 5.69. The Morgan fingerprint density at radius 3 is 2.33 bits per heavy atom. The summed E-state index contributed by atoms with van der Waals surface area (Å²) in [6, 6.07) is 0. The van der Waals surface area contributed by atoms with Gasteiger partial charge in [0.1, 0.15) is 11.0 Å². The van der Waals surface area contributed by atoms with Crippen molar-refractivity contribution in [2.45, 2.75) is 33.6 Å². The van der Waals surface area contributed by atoms with Crippen LogP contribution in [0.2, 0.25) is 5.15 Å². The average molecular weight is 185 g/mol. The van der Waals surface area contributed by atoms with Crippen LogP contribution in [0.3, 0.4) is 0 Å². The maximum absolute atomic E-state index is 5.93. The van der Waals surface area contributed by atoms with Gasteiger partial charge in [-0.1, -0.05) is 25.4 Å². The second-order valence-electron chi connectivity index (χ2n) is 2.71. The number of aromatic nitrogens is 2. The van der Waals surface area contributed by atoms with Crippen LogP contribution < -0.4 is 0 Å². The number of rotatable bonds is 2. The molecule has 0 bridgehead atoms. The van der Waals surface area contributed by atoms with Gasteiger partial charge in [0.15, 0.2) is 0 Å². The van der Waals surface area contributed by atoms with E-state index in [1.807, 2.05) is 13.8 Å². The number of halogens is 1. The van der Waals surface area contributed by atoms with Crippen LogP contribution in [0.15, 0.2) is 0 Å². The molecule has 0 spiro atoms. The van der Waals surface area contributed by atoms with E-state index in [1.165, 1.54) is 0 Å². The molecule has 2 nitrogen and oxygen atoms in total. The fraction of sp³-hybridized carbons (Fsp3) is 0.556. The summed E-state index contributed by atoms with van der Waals surface area (Å²) in [6.07, 6.45) is 1.76. The fourth-order valence-corrected chi connectivity index (χ4v) is 1.29. The highest BCUT2D eigenvalue weighted by Gasteiger charge is 2.05. The summed E-state index contributed by atoms with van der Waals surface area (Å²) in [6.45, 7) is 6.06. The van der Waals surface area contributed by atoms with E-state index < -0.39 is 0 Å². The van der Waals surface area contributed by atoms with Crippen molar-refractivity contribution in [1.29, 1.82) is 0 Å². The molecule has 1 aromatic rings. The molecule has 0 saturated carbocycles. The number of nitrogens with zero attached hydrogens (tertiary/aromatic N) is 2. The third-order valence-corrected chi connectivity index (χ3v) is 2.25. The SMILES string of the molecule is CCc1nc(Cl)c(C)c(CC)n1. The van der Waals surface area contributed by atoms with Crippen molar-refractivity contribution in [3.8, 4) is 0 Å². The monoisotopic (exact) mass is 184 g/mol. The van der Waals surface area contributed by atoms with E-state index in [0.29, 0.717) is 5.15 Å². The molecule has 0 radical (unpaired) electrons. The first kappa shape index (κ1) is 9.46. The standard InChI is InChI=1S/C9H13ClN2/c1-4-7-6(3)9(10)12-8(5-2)11-7/h4-5H2,1-3H3. The maximum atomic E-state index is 5.93. The van der Waals surface area contributed by atoms with Gasteiger partial charge in [-0.25, -0.2) is 9.97 Å². The first-order valence-corrected chi connectivity index (χ1v) is 4.58. The molecule has 0 aromatic carbocycles. The van der Waals surface area contributed by atoms with Crippen LogP contribution in [0.1, 0.15) is 30.9 Å². The van der Waals surface area contributed by atoms with E-state index in [4.69, 9.17) is 11.6 Å². The Bertz CT molecular complexity index is 284. The lowest BCUT2D eigenvalue weighted by atomic mass is 10.2. The normalized spacial score (nSPS) is 10.3. The van der Waals surface area contributed by atoms with E-state index in [1.54, 1.807) is 0 Å². The maximum Gasteiger partial charge on any atom is 0.135 e. The van der Waals surface area contributed by atoms with E-state index in [0.717, 1.165) is 29.9 Å². The lowest BCUT2D eigenvalue weighted by Crippen LogP contribution is -2.01. The van der Waals surface area contributed by atoms with Crippen molar-refractivity contribution in [3.05, 3.63) is 22.2 Å². The number of hydrogen-bond acceptors (Lipinski definition) is 2. The van der Waals surface area contributed by atoms with Gasteiger partial charge in [-0.05, 0) is 13.3 Å². The summed E-state index contributed by atoms with van der Waals surface area (Å²) in [7, 11) is 0. The molecule has 66 valence electrons. The van der Waals surface area contributed by atoms with Gasteiger partial charge in [-0.2, -0.15) is 0 Å². The summed E-state index contributed by atoms with van der Waals surface area (Å²) >= 11 is 5.93. The molecular weight excluding hydrogens is 172 g/mol. The Balaban J connectivity index is 3.19. The second-order valence-corrected chi connectivity index (χ2v) is 3.07. The van der Waals surface area contributed by atoms with Gasteiger partial charge in [0.25, 0.3) is 0 Å². The number of hydrogen-bond donors (Lipinski definition) is 0. The van der Waals surface area contributed by atoms with Gasteiger partial charge in [-0.15, -0.1) is 0 Å². The van der Waals surface area contributed by atoms with Gasteiger partial charge in [0.2, 0.25) is 0 Å². The molecular formula is C9H13ClN2.